The molecule has 1 aromatic carbocycles. The topological polar surface area (TPSA) is 59.6 Å². The average Bonchev–Trinajstić information content (AvgIpc) is 2.40. The molecule has 1 aromatic rings. The molecule has 1 heterocycles. The zero-order chi connectivity index (χ0) is 16.2. The highest BCUT2D eigenvalue weighted by molar-refractivity contribution is 5.85. The van der Waals surface area contributed by atoms with Crippen LogP contribution in [0.5, 0.6) is 11.5 Å². The minimum Gasteiger partial charge on any atom is -0.493 e. The number of hydrogen-bond acceptors (Lipinski definition) is 4. The van der Waals surface area contributed by atoms with Gasteiger partial charge in [0.25, 0.3) is 0 Å². The number of carbonyl (C=O) groups excluding carboxylic acids is 1. The van der Waals surface area contributed by atoms with E-state index < -0.39 is 12.8 Å². The third kappa shape index (κ3) is 5.80. The van der Waals surface area contributed by atoms with Crippen molar-refractivity contribution in [3.8, 4) is 11.5 Å². The molecule has 0 bridgehead atoms. The predicted octanol–water partition coefficient (Wildman–Crippen LogP) is 1.89. The van der Waals surface area contributed by atoms with Gasteiger partial charge in [-0.05, 0) is 17.7 Å². The molecule has 130 valence electrons. The number of amides is 1. The third-order valence-corrected chi connectivity index (χ3v) is 3.24. The van der Waals surface area contributed by atoms with Crippen molar-refractivity contribution in [2.75, 3.05) is 26.8 Å². The van der Waals surface area contributed by atoms with Crippen LogP contribution in [0, 0.1) is 5.92 Å². The van der Waals surface area contributed by atoms with Crippen molar-refractivity contribution in [3.05, 3.63) is 23.8 Å². The first-order chi connectivity index (χ1) is 10.4. The lowest BCUT2D eigenvalue weighted by molar-refractivity contribution is -0.153. The molecule has 0 aromatic heterocycles. The van der Waals surface area contributed by atoms with E-state index in [4.69, 9.17) is 9.47 Å². The number of rotatable bonds is 6. The van der Waals surface area contributed by atoms with Crippen LogP contribution < -0.4 is 20.1 Å². The van der Waals surface area contributed by atoms with E-state index in [2.05, 4.69) is 10.6 Å². The second-order valence-corrected chi connectivity index (χ2v) is 4.96. The van der Waals surface area contributed by atoms with Gasteiger partial charge in [-0.25, -0.2) is 0 Å². The second-order valence-electron chi connectivity index (χ2n) is 4.96. The molecular formula is C14H18ClF3N2O3. The Kier molecular flexibility index (Phi) is 6.96. The van der Waals surface area contributed by atoms with Gasteiger partial charge in [0.05, 0.1) is 13.0 Å². The van der Waals surface area contributed by atoms with Crippen molar-refractivity contribution >= 4 is 18.3 Å². The van der Waals surface area contributed by atoms with Crippen LogP contribution >= 0.6 is 12.4 Å². The molecule has 0 atom stereocenters. The number of nitrogens with one attached hydrogen (secondary N) is 2. The molecule has 0 unspecified atom stereocenters. The van der Waals surface area contributed by atoms with Crippen LogP contribution in [0.4, 0.5) is 13.2 Å². The normalized spacial score (nSPS) is 14.4. The van der Waals surface area contributed by atoms with Gasteiger partial charge in [-0.3, -0.25) is 4.79 Å². The molecule has 1 aliphatic heterocycles. The van der Waals surface area contributed by atoms with E-state index in [1.54, 1.807) is 12.1 Å². The van der Waals surface area contributed by atoms with Gasteiger partial charge in [-0.2, -0.15) is 13.2 Å². The lowest BCUT2D eigenvalue weighted by Gasteiger charge is -2.25. The van der Waals surface area contributed by atoms with E-state index in [1.165, 1.54) is 13.2 Å². The van der Waals surface area contributed by atoms with Crippen LogP contribution in [-0.2, 0) is 11.3 Å². The molecule has 1 fully saturated rings. The summed E-state index contributed by atoms with van der Waals surface area (Å²) in [5.41, 5.74) is 0.719. The van der Waals surface area contributed by atoms with Gasteiger partial charge < -0.3 is 20.1 Å². The maximum absolute atomic E-state index is 12.2. The minimum absolute atomic E-state index is 0. The summed E-state index contributed by atoms with van der Waals surface area (Å²) in [6.07, 6.45) is -4.41. The summed E-state index contributed by atoms with van der Waals surface area (Å²) >= 11 is 0. The van der Waals surface area contributed by atoms with Crippen LogP contribution in [0.2, 0.25) is 0 Å². The standard InChI is InChI=1S/C14H17F3N2O3.ClH/c1-21-12-4-9(5-19-13(20)10-6-18-7-10)2-3-11(12)22-8-14(15,16)17;/h2-4,10,18H,5-8H2,1H3,(H,19,20);1H. The lowest BCUT2D eigenvalue weighted by atomic mass is 10.0. The Balaban J connectivity index is 0.00000264. The molecule has 0 radical (unpaired) electrons. The number of methoxy groups -OCH3 is 1. The van der Waals surface area contributed by atoms with Crippen molar-refractivity contribution in [2.45, 2.75) is 12.7 Å². The van der Waals surface area contributed by atoms with Crippen LogP contribution in [0.3, 0.4) is 0 Å². The first-order valence-corrected chi connectivity index (χ1v) is 6.74. The van der Waals surface area contributed by atoms with Crippen LogP contribution in [0.15, 0.2) is 18.2 Å². The van der Waals surface area contributed by atoms with Crippen LogP contribution in [0.25, 0.3) is 0 Å². The minimum atomic E-state index is -4.41. The molecular weight excluding hydrogens is 337 g/mol. The fourth-order valence-corrected chi connectivity index (χ4v) is 1.91. The Hall–Kier alpha value is -1.67. The van der Waals surface area contributed by atoms with E-state index in [9.17, 15) is 18.0 Å². The second kappa shape index (κ2) is 8.26. The third-order valence-electron chi connectivity index (χ3n) is 3.24. The van der Waals surface area contributed by atoms with E-state index in [-0.39, 0.29) is 42.3 Å². The van der Waals surface area contributed by atoms with Crippen molar-refractivity contribution in [1.29, 1.82) is 0 Å². The van der Waals surface area contributed by atoms with Crippen LogP contribution in [-0.4, -0.2) is 38.9 Å². The summed E-state index contributed by atoms with van der Waals surface area (Å²) in [5, 5.41) is 5.78. The summed E-state index contributed by atoms with van der Waals surface area (Å²) < 4.78 is 46.2. The van der Waals surface area contributed by atoms with Gasteiger partial charge in [0.1, 0.15) is 0 Å². The Labute approximate surface area is 137 Å². The summed E-state index contributed by atoms with van der Waals surface area (Å²) in [4.78, 5) is 11.7. The molecule has 23 heavy (non-hydrogen) atoms. The largest absolute Gasteiger partial charge is 0.493 e. The highest BCUT2D eigenvalue weighted by atomic mass is 35.5. The summed E-state index contributed by atoms with van der Waals surface area (Å²) in [6, 6.07) is 4.54. The highest BCUT2D eigenvalue weighted by Gasteiger charge is 2.29. The molecule has 0 saturated carbocycles. The van der Waals surface area contributed by atoms with E-state index in [1.807, 2.05) is 0 Å². The fraction of sp³-hybridized carbons (Fsp3) is 0.500. The van der Waals surface area contributed by atoms with Gasteiger partial charge in [0.2, 0.25) is 5.91 Å². The first-order valence-electron chi connectivity index (χ1n) is 6.74. The van der Waals surface area contributed by atoms with Gasteiger partial charge in [-0.15, -0.1) is 12.4 Å². The zero-order valence-electron chi connectivity index (χ0n) is 12.4. The SMILES string of the molecule is COc1cc(CNC(=O)C2CNC2)ccc1OCC(F)(F)F.Cl. The summed E-state index contributed by atoms with van der Waals surface area (Å²) in [7, 11) is 1.35. The van der Waals surface area contributed by atoms with Gasteiger partial charge in [0, 0.05) is 19.6 Å². The molecule has 1 saturated heterocycles. The number of hydrogen-bond donors (Lipinski definition) is 2. The molecule has 1 amide bonds. The summed E-state index contributed by atoms with van der Waals surface area (Å²) in [5.74, 6) is 0.144. The Morgan fingerprint density at radius 2 is 2.04 bits per heavy atom. The first kappa shape index (κ1) is 19.4. The molecule has 2 N–H and O–H groups in total. The van der Waals surface area contributed by atoms with Crippen molar-refractivity contribution in [1.82, 2.24) is 10.6 Å². The monoisotopic (exact) mass is 354 g/mol. The maximum Gasteiger partial charge on any atom is 0.422 e. The molecule has 5 nitrogen and oxygen atoms in total. The smallest absolute Gasteiger partial charge is 0.422 e. The highest BCUT2D eigenvalue weighted by Crippen LogP contribution is 2.29. The number of halogens is 4. The molecule has 0 spiro atoms. The van der Waals surface area contributed by atoms with E-state index >= 15 is 0 Å². The van der Waals surface area contributed by atoms with Crippen molar-refractivity contribution in [2.24, 2.45) is 5.92 Å². The van der Waals surface area contributed by atoms with Crippen molar-refractivity contribution in [3.63, 3.8) is 0 Å². The Morgan fingerprint density at radius 3 is 2.57 bits per heavy atom. The predicted molar refractivity (Wildman–Crippen MR) is 80.0 cm³/mol. The van der Waals surface area contributed by atoms with E-state index in [0.717, 1.165) is 5.56 Å². The van der Waals surface area contributed by atoms with Gasteiger partial charge >= 0.3 is 6.18 Å². The number of benzene rings is 1. The number of carbonyl (C=O) groups is 1. The van der Waals surface area contributed by atoms with Gasteiger partial charge in [0.15, 0.2) is 18.1 Å². The molecule has 0 aliphatic carbocycles. The summed E-state index contributed by atoms with van der Waals surface area (Å²) in [6.45, 7) is 0.234. The Bertz CT molecular complexity index is 536. The number of ether oxygens (including phenoxy) is 2. The van der Waals surface area contributed by atoms with Gasteiger partial charge in [-0.1, -0.05) is 6.07 Å². The average molecular weight is 355 g/mol. The fourth-order valence-electron chi connectivity index (χ4n) is 1.91. The van der Waals surface area contributed by atoms with E-state index in [0.29, 0.717) is 13.1 Å². The van der Waals surface area contributed by atoms with Crippen LogP contribution in [0.1, 0.15) is 5.56 Å². The van der Waals surface area contributed by atoms with Crippen molar-refractivity contribution < 1.29 is 27.4 Å². The molecule has 9 heteroatoms. The molecule has 1 aliphatic rings. The maximum atomic E-state index is 12.2. The molecule has 2 rings (SSSR count). The number of alkyl halides is 3. The lowest BCUT2D eigenvalue weighted by Crippen LogP contribution is -2.50. The zero-order valence-corrected chi connectivity index (χ0v) is 13.2. The Morgan fingerprint density at radius 1 is 1.35 bits per heavy atom. The quantitative estimate of drug-likeness (QED) is 0.819.